The molecule has 1 aliphatic carbocycles. The highest BCUT2D eigenvalue weighted by Crippen LogP contribution is 2.33. The molecule has 4 nitrogen and oxygen atoms in total. The van der Waals surface area contributed by atoms with Crippen molar-refractivity contribution < 1.29 is 9.21 Å². The lowest BCUT2D eigenvalue weighted by Gasteiger charge is -2.33. The second kappa shape index (κ2) is 9.75. The first-order chi connectivity index (χ1) is 14.8. The van der Waals surface area contributed by atoms with E-state index >= 15 is 0 Å². The molecule has 2 aromatic carbocycles. The Bertz CT molecular complexity index is 887. The molecule has 0 saturated heterocycles. The summed E-state index contributed by atoms with van der Waals surface area (Å²) in [5.74, 6) is 1.61. The molecule has 1 aliphatic rings. The number of hydrogen-bond donors (Lipinski definition) is 0. The number of carbonyl (C=O) groups is 1. The Morgan fingerprint density at radius 1 is 0.967 bits per heavy atom. The van der Waals surface area contributed by atoms with Gasteiger partial charge in [-0.1, -0.05) is 79.9 Å². The van der Waals surface area contributed by atoms with Crippen molar-refractivity contribution in [2.75, 3.05) is 6.54 Å². The van der Waals surface area contributed by atoms with Gasteiger partial charge in [-0.05, 0) is 19.8 Å². The van der Waals surface area contributed by atoms with Crippen LogP contribution < -0.4 is 0 Å². The van der Waals surface area contributed by atoms with Crippen LogP contribution in [0.15, 0.2) is 65.1 Å². The normalized spacial score (nSPS) is 14.6. The van der Waals surface area contributed by atoms with Gasteiger partial charge in [-0.15, -0.1) is 0 Å². The summed E-state index contributed by atoms with van der Waals surface area (Å²) in [5.41, 5.74) is 2.86. The van der Waals surface area contributed by atoms with Crippen LogP contribution in [0.3, 0.4) is 0 Å². The average molecular weight is 403 g/mol. The maximum atomic E-state index is 12.9. The van der Waals surface area contributed by atoms with Crippen molar-refractivity contribution in [3.05, 3.63) is 66.6 Å². The number of aromatic nitrogens is 1. The van der Waals surface area contributed by atoms with Crippen molar-refractivity contribution in [1.29, 1.82) is 0 Å². The predicted octanol–water partition coefficient (Wildman–Crippen LogP) is 6.12. The molecule has 0 atom stereocenters. The van der Waals surface area contributed by atoms with Gasteiger partial charge in [-0.25, -0.2) is 4.98 Å². The minimum absolute atomic E-state index is 0.213. The third-order valence-electron chi connectivity index (χ3n) is 5.98. The summed E-state index contributed by atoms with van der Waals surface area (Å²) >= 11 is 0. The van der Waals surface area contributed by atoms with Crippen LogP contribution in [0.1, 0.15) is 51.3 Å². The van der Waals surface area contributed by atoms with Crippen molar-refractivity contribution in [2.24, 2.45) is 0 Å². The molecule has 0 N–H and O–H groups in total. The van der Waals surface area contributed by atoms with Gasteiger partial charge in [0.25, 0.3) is 0 Å². The lowest BCUT2D eigenvalue weighted by molar-refractivity contribution is -0.134. The van der Waals surface area contributed by atoms with Crippen LogP contribution in [-0.2, 0) is 11.2 Å². The predicted molar refractivity (Wildman–Crippen MR) is 120 cm³/mol. The fraction of sp³-hybridized carbons (Fsp3) is 0.385. The SMILES string of the molecule is CCN(C(=O)CCc1nc(-c2ccccc2)c(-c2ccccc2)o1)C1CCCCC1. The molecule has 1 amide bonds. The van der Waals surface area contributed by atoms with Crippen molar-refractivity contribution in [1.82, 2.24) is 9.88 Å². The van der Waals surface area contributed by atoms with Crippen molar-refractivity contribution in [3.8, 4) is 22.6 Å². The van der Waals surface area contributed by atoms with Crippen LogP contribution in [0.2, 0.25) is 0 Å². The molecule has 1 saturated carbocycles. The molecule has 0 aliphatic heterocycles. The molecular formula is C26H30N2O2. The highest BCUT2D eigenvalue weighted by molar-refractivity contribution is 5.78. The second-order valence-corrected chi connectivity index (χ2v) is 7.99. The van der Waals surface area contributed by atoms with Gasteiger partial charge in [0, 0.05) is 36.6 Å². The van der Waals surface area contributed by atoms with Crippen LogP contribution in [0, 0.1) is 0 Å². The average Bonchev–Trinajstić information content (AvgIpc) is 3.24. The lowest BCUT2D eigenvalue weighted by Crippen LogP contribution is -2.41. The summed E-state index contributed by atoms with van der Waals surface area (Å²) in [7, 11) is 0. The minimum Gasteiger partial charge on any atom is -0.440 e. The Balaban J connectivity index is 1.53. The number of rotatable bonds is 7. The molecule has 4 heteroatoms. The molecule has 156 valence electrons. The first kappa shape index (κ1) is 20.4. The zero-order valence-electron chi connectivity index (χ0n) is 17.7. The summed E-state index contributed by atoms with van der Waals surface area (Å²) in [4.78, 5) is 19.8. The third-order valence-corrected chi connectivity index (χ3v) is 5.98. The van der Waals surface area contributed by atoms with Gasteiger partial charge in [0.1, 0.15) is 5.69 Å². The van der Waals surface area contributed by atoms with Gasteiger partial charge in [0.15, 0.2) is 11.7 Å². The van der Waals surface area contributed by atoms with E-state index in [1.54, 1.807) is 0 Å². The van der Waals surface area contributed by atoms with E-state index in [0.29, 0.717) is 24.8 Å². The molecule has 0 bridgehead atoms. The highest BCUT2D eigenvalue weighted by Gasteiger charge is 2.24. The number of oxazole rings is 1. The highest BCUT2D eigenvalue weighted by atomic mass is 16.4. The van der Waals surface area contributed by atoms with E-state index < -0.39 is 0 Å². The Hall–Kier alpha value is -2.88. The summed E-state index contributed by atoms with van der Waals surface area (Å²) in [6.45, 7) is 2.86. The summed E-state index contributed by atoms with van der Waals surface area (Å²) < 4.78 is 6.18. The van der Waals surface area contributed by atoms with E-state index in [1.807, 2.05) is 60.7 Å². The molecule has 0 radical (unpaired) electrons. The number of carbonyl (C=O) groups excluding carboxylic acids is 1. The van der Waals surface area contributed by atoms with E-state index in [9.17, 15) is 4.79 Å². The van der Waals surface area contributed by atoms with E-state index in [4.69, 9.17) is 9.40 Å². The Labute approximate surface area is 178 Å². The number of aryl methyl sites for hydroxylation is 1. The molecule has 3 aromatic rings. The minimum atomic E-state index is 0.213. The van der Waals surface area contributed by atoms with E-state index in [0.717, 1.165) is 42.0 Å². The third kappa shape index (κ3) is 4.64. The number of nitrogens with zero attached hydrogens (tertiary/aromatic N) is 2. The number of hydrogen-bond acceptors (Lipinski definition) is 3. The topological polar surface area (TPSA) is 46.3 Å². The van der Waals surface area contributed by atoms with Gasteiger partial charge in [-0.2, -0.15) is 0 Å². The Morgan fingerprint density at radius 3 is 2.23 bits per heavy atom. The standard InChI is InChI=1S/C26H30N2O2/c1-2-28(22-16-10-5-11-17-22)24(29)19-18-23-27-25(20-12-6-3-7-13-20)26(30-23)21-14-8-4-9-15-21/h3-4,6-9,12-15,22H,2,5,10-11,16-19H2,1H3. The van der Waals surface area contributed by atoms with Crippen LogP contribution in [0.5, 0.6) is 0 Å². The smallest absolute Gasteiger partial charge is 0.223 e. The quantitative estimate of drug-likeness (QED) is 0.478. The van der Waals surface area contributed by atoms with E-state index in [2.05, 4.69) is 11.8 Å². The molecule has 4 rings (SSSR count). The van der Waals surface area contributed by atoms with E-state index in [1.165, 1.54) is 19.3 Å². The fourth-order valence-electron chi connectivity index (χ4n) is 4.44. The number of benzene rings is 2. The molecule has 30 heavy (non-hydrogen) atoms. The molecule has 0 unspecified atom stereocenters. The maximum Gasteiger partial charge on any atom is 0.223 e. The zero-order chi connectivity index (χ0) is 20.8. The fourth-order valence-corrected chi connectivity index (χ4v) is 4.44. The Morgan fingerprint density at radius 2 is 1.60 bits per heavy atom. The molecular weight excluding hydrogens is 372 g/mol. The number of amides is 1. The zero-order valence-corrected chi connectivity index (χ0v) is 17.7. The van der Waals surface area contributed by atoms with Crippen LogP contribution >= 0.6 is 0 Å². The van der Waals surface area contributed by atoms with Gasteiger partial charge < -0.3 is 9.32 Å². The van der Waals surface area contributed by atoms with Crippen molar-refractivity contribution in [3.63, 3.8) is 0 Å². The van der Waals surface area contributed by atoms with Gasteiger partial charge in [0.2, 0.25) is 5.91 Å². The van der Waals surface area contributed by atoms with Gasteiger partial charge in [0.05, 0.1) is 0 Å². The first-order valence-corrected chi connectivity index (χ1v) is 11.2. The lowest BCUT2D eigenvalue weighted by atomic mass is 9.94. The van der Waals surface area contributed by atoms with Crippen LogP contribution in [0.25, 0.3) is 22.6 Å². The molecule has 0 spiro atoms. The molecule has 1 fully saturated rings. The summed E-state index contributed by atoms with van der Waals surface area (Å²) in [6.07, 6.45) is 6.99. The van der Waals surface area contributed by atoms with Crippen LogP contribution in [0.4, 0.5) is 0 Å². The molecule has 1 aromatic heterocycles. The first-order valence-electron chi connectivity index (χ1n) is 11.2. The monoisotopic (exact) mass is 402 g/mol. The van der Waals surface area contributed by atoms with E-state index in [-0.39, 0.29) is 5.91 Å². The summed E-state index contributed by atoms with van der Waals surface area (Å²) in [5, 5.41) is 0. The summed E-state index contributed by atoms with van der Waals surface area (Å²) in [6, 6.07) is 20.5. The molecule has 1 heterocycles. The van der Waals surface area contributed by atoms with Gasteiger partial charge in [-0.3, -0.25) is 4.79 Å². The van der Waals surface area contributed by atoms with Gasteiger partial charge >= 0.3 is 0 Å². The largest absolute Gasteiger partial charge is 0.440 e. The van der Waals surface area contributed by atoms with Crippen LogP contribution in [-0.4, -0.2) is 28.4 Å². The Kier molecular flexibility index (Phi) is 6.63. The maximum absolute atomic E-state index is 12.9. The second-order valence-electron chi connectivity index (χ2n) is 7.99. The van der Waals surface area contributed by atoms with Crippen molar-refractivity contribution in [2.45, 2.75) is 57.9 Å². The van der Waals surface area contributed by atoms with Crippen molar-refractivity contribution >= 4 is 5.91 Å².